The number of hydrogen-bond acceptors (Lipinski definition) is 3. The zero-order chi connectivity index (χ0) is 16.7. The van der Waals surface area contributed by atoms with Crippen molar-refractivity contribution in [3.05, 3.63) is 54.1 Å². The maximum atomic E-state index is 12.3. The number of amides is 1. The maximum absolute atomic E-state index is 12.3. The molecule has 2 aromatic carbocycles. The third-order valence-electron chi connectivity index (χ3n) is 3.44. The van der Waals surface area contributed by atoms with Gasteiger partial charge in [0.15, 0.2) is 6.10 Å². The van der Waals surface area contributed by atoms with Gasteiger partial charge in [0.1, 0.15) is 11.5 Å². The van der Waals surface area contributed by atoms with Crippen LogP contribution in [0, 0.1) is 0 Å². The highest BCUT2D eigenvalue weighted by Gasteiger charge is 2.16. The molecule has 122 valence electrons. The lowest BCUT2D eigenvalue weighted by Crippen LogP contribution is -2.30. The van der Waals surface area contributed by atoms with Gasteiger partial charge < -0.3 is 14.8 Å². The van der Waals surface area contributed by atoms with Crippen LogP contribution in [0.5, 0.6) is 11.5 Å². The monoisotopic (exact) mass is 313 g/mol. The molecule has 0 saturated carbocycles. The Morgan fingerprint density at radius 2 is 1.91 bits per heavy atom. The van der Waals surface area contributed by atoms with Gasteiger partial charge in [-0.2, -0.15) is 0 Å². The molecule has 4 nitrogen and oxygen atoms in total. The molecule has 2 aromatic rings. The Kier molecular flexibility index (Phi) is 6.03. The number of nitrogens with one attached hydrogen (secondary N) is 1. The van der Waals surface area contributed by atoms with E-state index in [2.05, 4.69) is 12.2 Å². The van der Waals surface area contributed by atoms with Crippen LogP contribution in [-0.2, 0) is 11.2 Å². The van der Waals surface area contributed by atoms with E-state index in [9.17, 15) is 4.79 Å². The summed E-state index contributed by atoms with van der Waals surface area (Å²) >= 11 is 0. The topological polar surface area (TPSA) is 47.6 Å². The normalized spacial score (nSPS) is 11.6. The van der Waals surface area contributed by atoms with E-state index in [1.807, 2.05) is 49.4 Å². The highest BCUT2D eigenvalue weighted by atomic mass is 16.5. The van der Waals surface area contributed by atoms with Gasteiger partial charge in [-0.15, -0.1) is 0 Å². The van der Waals surface area contributed by atoms with Crippen molar-refractivity contribution in [2.75, 3.05) is 11.9 Å². The van der Waals surface area contributed by atoms with Crippen molar-refractivity contribution in [2.24, 2.45) is 0 Å². The van der Waals surface area contributed by atoms with Gasteiger partial charge in [-0.1, -0.05) is 31.2 Å². The van der Waals surface area contributed by atoms with Crippen LogP contribution in [0.2, 0.25) is 0 Å². The van der Waals surface area contributed by atoms with Crippen LogP contribution in [0.3, 0.4) is 0 Å². The summed E-state index contributed by atoms with van der Waals surface area (Å²) < 4.78 is 11.2. The predicted molar refractivity (Wildman–Crippen MR) is 92.2 cm³/mol. The van der Waals surface area contributed by atoms with Crippen molar-refractivity contribution in [3.63, 3.8) is 0 Å². The quantitative estimate of drug-likeness (QED) is 0.838. The number of benzene rings is 2. The summed E-state index contributed by atoms with van der Waals surface area (Å²) in [7, 11) is 0. The van der Waals surface area contributed by atoms with Gasteiger partial charge in [-0.05, 0) is 44.0 Å². The molecular weight excluding hydrogens is 290 g/mol. The van der Waals surface area contributed by atoms with E-state index >= 15 is 0 Å². The Labute approximate surface area is 137 Å². The summed E-state index contributed by atoms with van der Waals surface area (Å²) in [5.41, 5.74) is 1.78. The maximum Gasteiger partial charge on any atom is 0.265 e. The van der Waals surface area contributed by atoms with Crippen LogP contribution in [-0.4, -0.2) is 18.6 Å². The number of anilines is 1. The molecule has 0 aliphatic rings. The van der Waals surface area contributed by atoms with Gasteiger partial charge in [0.05, 0.1) is 6.61 Å². The SMILES string of the molecule is CCOc1cccc(NC(=O)[C@@H](C)Oc2ccccc2CC)c1. The van der Waals surface area contributed by atoms with Crippen molar-refractivity contribution in [3.8, 4) is 11.5 Å². The van der Waals surface area contributed by atoms with Crippen molar-refractivity contribution in [1.29, 1.82) is 0 Å². The standard InChI is InChI=1S/C19H23NO3/c1-4-15-9-6-7-12-18(15)23-14(3)19(21)20-16-10-8-11-17(13-16)22-5-2/h6-14H,4-5H2,1-3H3,(H,20,21)/t14-/m1/s1. The molecule has 0 spiro atoms. The van der Waals surface area contributed by atoms with E-state index in [0.717, 1.165) is 23.5 Å². The summed E-state index contributed by atoms with van der Waals surface area (Å²) in [6.45, 7) is 6.32. The van der Waals surface area contributed by atoms with Gasteiger partial charge in [0, 0.05) is 11.8 Å². The first-order valence-electron chi connectivity index (χ1n) is 7.92. The molecule has 0 aliphatic heterocycles. The van der Waals surface area contributed by atoms with Crippen LogP contribution in [0.15, 0.2) is 48.5 Å². The number of rotatable bonds is 7. The van der Waals surface area contributed by atoms with E-state index in [-0.39, 0.29) is 5.91 Å². The first kappa shape index (κ1) is 16.9. The van der Waals surface area contributed by atoms with Crippen molar-refractivity contribution in [1.82, 2.24) is 0 Å². The number of carbonyl (C=O) groups excluding carboxylic acids is 1. The molecule has 2 rings (SSSR count). The number of aryl methyl sites for hydroxylation is 1. The zero-order valence-corrected chi connectivity index (χ0v) is 13.8. The largest absolute Gasteiger partial charge is 0.494 e. The number of carbonyl (C=O) groups is 1. The third kappa shape index (κ3) is 4.74. The molecule has 23 heavy (non-hydrogen) atoms. The van der Waals surface area contributed by atoms with E-state index in [1.54, 1.807) is 13.0 Å². The van der Waals surface area contributed by atoms with E-state index < -0.39 is 6.10 Å². The van der Waals surface area contributed by atoms with Crippen LogP contribution in [0.25, 0.3) is 0 Å². The average Bonchev–Trinajstić information content (AvgIpc) is 2.56. The third-order valence-corrected chi connectivity index (χ3v) is 3.44. The molecule has 0 heterocycles. The second kappa shape index (κ2) is 8.22. The number of para-hydroxylation sites is 1. The Morgan fingerprint density at radius 3 is 2.65 bits per heavy atom. The minimum Gasteiger partial charge on any atom is -0.494 e. The summed E-state index contributed by atoms with van der Waals surface area (Å²) in [6.07, 6.45) is 0.277. The Bertz CT molecular complexity index is 655. The van der Waals surface area contributed by atoms with Gasteiger partial charge in [0.2, 0.25) is 0 Å². The molecule has 0 saturated heterocycles. The summed E-state index contributed by atoms with van der Waals surface area (Å²) in [5, 5.41) is 2.85. The van der Waals surface area contributed by atoms with Gasteiger partial charge in [-0.3, -0.25) is 4.79 Å². The van der Waals surface area contributed by atoms with Gasteiger partial charge >= 0.3 is 0 Å². The summed E-state index contributed by atoms with van der Waals surface area (Å²) in [6, 6.07) is 15.1. The molecule has 0 aliphatic carbocycles. The van der Waals surface area contributed by atoms with Crippen LogP contribution in [0.1, 0.15) is 26.3 Å². The summed E-state index contributed by atoms with van der Waals surface area (Å²) in [4.78, 5) is 12.3. The molecule has 0 bridgehead atoms. The summed E-state index contributed by atoms with van der Waals surface area (Å²) in [5.74, 6) is 1.29. The molecule has 0 aromatic heterocycles. The van der Waals surface area contributed by atoms with E-state index in [1.165, 1.54) is 0 Å². The second-order valence-electron chi connectivity index (χ2n) is 5.17. The predicted octanol–water partition coefficient (Wildman–Crippen LogP) is 4.05. The molecule has 0 unspecified atom stereocenters. The van der Waals surface area contributed by atoms with E-state index in [4.69, 9.17) is 9.47 Å². The molecule has 1 amide bonds. The highest BCUT2D eigenvalue weighted by Crippen LogP contribution is 2.21. The molecular formula is C19H23NO3. The Morgan fingerprint density at radius 1 is 1.13 bits per heavy atom. The second-order valence-corrected chi connectivity index (χ2v) is 5.17. The molecule has 1 atom stereocenters. The fraction of sp³-hybridized carbons (Fsp3) is 0.316. The average molecular weight is 313 g/mol. The minimum atomic E-state index is -0.585. The fourth-order valence-corrected chi connectivity index (χ4v) is 2.23. The van der Waals surface area contributed by atoms with E-state index in [0.29, 0.717) is 12.3 Å². The molecule has 0 fully saturated rings. The molecule has 4 heteroatoms. The van der Waals surface area contributed by atoms with Gasteiger partial charge in [-0.25, -0.2) is 0 Å². The van der Waals surface area contributed by atoms with Crippen LogP contribution in [0.4, 0.5) is 5.69 Å². The van der Waals surface area contributed by atoms with Crippen molar-refractivity contribution < 1.29 is 14.3 Å². The molecule has 1 N–H and O–H groups in total. The van der Waals surface area contributed by atoms with Crippen LogP contribution < -0.4 is 14.8 Å². The molecule has 0 radical (unpaired) electrons. The van der Waals surface area contributed by atoms with Crippen molar-refractivity contribution >= 4 is 11.6 Å². The Balaban J connectivity index is 2.01. The highest BCUT2D eigenvalue weighted by molar-refractivity contribution is 5.94. The zero-order valence-electron chi connectivity index (χ0n) is 13.8. The first-order valence-corrected chi connectivity index (χ1v) is 7.92. The van der Waals surface area contributed by atoms with Gasteiger partial charge in [0.25, 0.3) is 5.91 Å². The lowest BCUT2D eigenvalue weighted by molar-refractivity contribution is -0.122. The Hall–Kier alpha value is -2.49. The lowest BCUT2D eigenvalue weighted by atomic mass is 10.1. The number of ether oxygens (including phenoxy) is 2. The van der Waals surface area contributed by atoms with Crippen LogP contribution >= 0.6 is 0 Å². The van der Waals surface area contributed by atoms with Crippen molar-refractivity contribution in [2.45, 2.75) is 33.3 Å². The minimum absolute atomic E-state index is 0.190. The fourth-order valence-electron chi connectivity index (χ4n) is 2.23. The first-order chi connectivity index (χ1) is 11.1. The number of hydrogen-bond donors (Lipinski definition) is 1. The lowest BCUT2D eigenvalue weighted by Gasteiger charge is -2.17. The smallest absolute Gasteiger partial charge is 0.265 e.